The van der Waals surface area contributed by atoms with E-state index in [1.54, 1.807) is 6.07 Å². The van der Waals surface area contributed by atoms with Gasteiger partial charge in [0.2, 0.25) is 0 Å². The second-order valence-corrected chi connectivity index (χ2v) is 5.73. The quantitative estimate of drug-likeness (QED) is 0.737. The molecule has 1 N–H and O–H groups in total. The number of benzene rings is 1. The van der Waals surface area contributed by atoms with Gasteiger partial charge in [-0.05, 0) is 53.4 Å². The van der Waals surface area contributed by atoms with E-state index in [4.69, 9.17) is 0 Å². The highest BCUT2D eigenvalue weighted by atomic mass is 79.9. The lowest BCUT2D eigenvalue weighted by molar-refractivity contribution is -0.182. The average Bonchev–Trinajstić information content (AvgIpc) is 2.33. The van der Waals surface area contributed by atoms with E-state index in [2.05, 4.69) is 21.2 Å². The molecule has 1 aromatic rings. The summed E-state index contributed by atoms with van der Waals surface area (Å²) in [5.41, 5.74) is 0.640. The van der Waals surface area contributed by atoms with Crippen molar-refractivity contribution in [3.8, 4) is 0 Å². The van der Waals surface area contributed by atoms with Crippen molar-refractivity contribution < 1.29 is 17.6 Å². The third-order valence-electron chi connectivity index (χ3n) is 3.43. The van der Waals surface area contributed by atoms with Gasteiger partial charge in [-0.2, -0.15) is 13.2 Å². The van der Waals surface area contributed by atoms with Crippen LogP contribution in [-0.4, -0.2) is 12.2 Å². The first-order chi connectivity index (χ1) is 8.86. The highest BCUT2D eigenvalue weighted by molar-refractivity contribution is 9.10. The molecule has 0 amide bonds. The fourth-order valence-electron chi connectivity index (χ4n) is 2.44. The predicted octanol–water partition coefficient (Wildman–Crippen LogP) is 5.12. The molecule has 2 rings (SSSR count). The normalized spacial score (nSPS) is 24.3. The Bertz CT molecular complexity index is 447. The molecule has 6 heteroatoms. The van der Waals surface area contributed by atoms with Crippen LogP contribution in [-0.2, 0) is 0 Å². The molecule has 106 valence electrons. The van der Waals surface area contributed by atoms with E-state index in [1.165, 1.54) is 12.1 Å². The van der Waals surface area contributed by atoms with Gasteiger partial charge >= 0.3 is 6.18 Å². The third kappa shape index (κ3) is 3.84. The summed E-state index contributed by atoms with van der Waals surface area (Å²) in [5, 5.41) is 3.05. The van der Waals surface area contributed by atoms with E-state index in [-0.39, 0.29) is 24.7 Å². The summed E-state index contributed by atoms with van der Waals surface area (Å²) >= 11 is 3.06. The summed E-state index contributed by atoms with van der Waals surface area (Å²) in [6, 6.07) is 4.16. The van der Waals surface area contributed by atoms with Crippen molar-refractivity contribution in [3.63, 3.8) is 0 Å². The van der Waals surface area contributed by atoms with Gasteiger partial charge in [0, 0.05) is 11.7 Å². The van der Waals surface area contributed by atoms with E-state index >= 15 is 0 Å². The summed E-state index contributed by atoms with van der Waals surface area (Å²) in [4.78, 5) is 0. The van der Waals surface area contributed by atoms with Crippen LogP contribution in [0.2, 0.25) is 0 Å². The van der Waals surface area contributed by atoms with Gasteiger partial charge in [-0.25, -0.2) is 4.39 Å². The molecule has 1 aromatic carbocycles. The zero-order valence-corrected chi connectivity index (χ0v) is 11.7. The first kappa shape index (κ1) is 14.6. The van der Waals surface area contributed by atoms with Crippen LogP contribution in [0, 0.1) is 11.7 Å². The Morgan fingerprint density at radius 3 is 2.58 bits per heavy atom. The van der Waals surface area contributed by atoms with Crippen LogP contribution in [0.25, 0.3) is 0 Å². The maximum absolute atomic E-state index is 13.1. The number of halogens is 5. The number of hydrogen-bond donors (Lipinski definition) is 1. The molecular formula is C13H14BrF4N. The summed E-state index contributed by atoms with van der Waals surface area (Å²) in [6.07, 6.45) is -2.57. The molecule has 0 aromatic heterocycles. The monoisotopic (exact) mass is 339 g/mol. The molecule has 0 heterocycles. The van der Waals surface area contributed by atoms with Crippen LogP contribution in [0.1, 0.15) is 25.7 Å². The fraction of sp³-hybridized carbons (Fsp3) is 0.538. The molecule has 0 bridgehead atoms. The SMILES string of the molecule is Fc1ccc(NC2CCCC(C(F)(F)F)C2)cc1Br. The highest BCUT2D eigenvalue weighted by Crippen LogP contribution is 2.38. The Hall–Kier alpha value is -0.780. The van der Waals surface area contributed by atoms with Gasteiger partial charge < -0.3 is 5.32 Å². The number of alkyl halides is 3. The molecule has 0 spiro atoms. The lowest BCUT2D eigenvalue weighted by Crippen LogP contribution is -2.34. The second-order valence-electron chi connectivity index (χ2n) is 4.88. The van der Waals surface area contributed by atoms with Crippen molar-refractivity contribution in [2.75, 3.05) is 5.32 Å². The molecule has 0 radical (unpaired) electrons. The van der Waals surface area contributed by atoms with E-state index in [1.807, 2.05) is 0 Å². The van der Waals surface area contributed by atoms with Gasteiger partial charge in [0.25, 0.3) is 0 Å². The number of hydrogen-bond acceptors (Lipinski definition) is 1. The van der Waals surface area contributed by atoms with Crippen molar-refractivity contribution in [2.45, 2.75) is 37.9 Å². The van der Waals surface area contributed by atoms with Crippen molar-refractivity contribution in [1.82, 2.24) is 0 Å². The molecule has 1 saturated carbocycles. The van der Waals surface area contributed by atoms with E-state index < -0.39 is 12.1 Å². The molecule has 1 aliphatic rings. The molecule has 0 saturated heterocycles. The molecule has 0 aliphatic heterocycles. The molecule has 1 aliphatic carbocycles. The van der Waals surface area contributed by atoms with Gasteiger partial charge in [0.15, 0.2) is 0 Å². The van der Waals surface area contributed by atoms with Crippen LogP contribution in [0.15, 0.2) is 22.7 Å². The maximum Gasteiger partial charge on any atom is 0.391 e. The van der Waals surface area contributed by atoms with Crippen LogP contribution < -0.4 is 5.32 Å². The molecule has 19 heavy (non-hydrogen) atoms. The average molecular weight is 340 g/mol. The zero-order valence-electron chi connectivity index (χ0n) is 10.1. The van der Waals surface area contributed by atoms with Crippen LogP contribution in [0.3, 0.4) is 0 Å². The number of nitrogens with one attached hydrogen (secondary N) is 1. The van der Waals surface area contributed by atoms with E-state index in [9.17, 15) is 17.6 Å². The Kier molecular flexibility index (Phi) is 4.38. The van der Waals surface area contributed by atoms with E-state index in [0.29, 0.717) is 23.0 Å². The Balaban J connectivity index is 2.00. The van der Waals surface area contributed by atoms with Crippen LogP contribution in [0.5, 0.6) is 0 Å². The minimum atomic E-state index is -4.12. The Labute approximate surface area is 117 Å². The minimum absolute atomic E-state index is 0.0818. The third-order valence-corrected chi connectivity index (χ3v) is 4.04. The van der Waals surface area contributed by atoms with Crippen molar-refractivity contribution in [1.29, 1.82) is 0 Å². The smallest absolute Gasteiger partial charge is 0.382 e. The molecular weight excluding hydrogens is 326 g/mol. The number of anilines is 1. The van der Waals surface area contributed by atoms with Gasteiger partial charge in [-0.3, -0.25) is 0 Å². The van der Waals surface area contributed by atoms with Gasteiger partial charge in [0.05, 0.1) is 10.4 Å². The summed E-state index contributed by atoms with van der Waals surface area (Å²) < 4.78 is 51.4. The largest absolute Gasteiger partial charge is 0.391 e. The lowest BCUT2D eigenvalue weighted by atomic mass is 9.85. The molecule has 1 nitrogen and oxygen atoms in total. The maximum atomic E-state index is 13.1. The fourth-order valence-corrected chi connectivity index (χ4v) is 2.82. The van der Waals surface area contributed by atoms with Gasteiger partial charge in [0.1, 0.15) is 5.82 Å². The second kappa shape index (κ2) is 5.69. The number of rotatable bonds is 2. The molecule has 2 atom stereocenters. The minimum Gasteiger partial charge on any atom is -0.382 e. The van der Waals surface area contributed by atoms with Crippen LogP contribution in [0.4, 0.5) is 23.2 Å². The van der Waals surface area contributed by atoms with Crippen molar-refractivity contribution in [3.05, 3.63) is 28.5 Å². The standard InChI is InChI=1S/C13H14BrF4N/c14-11-7-10(4-5-12(11)15)19-9-3-1-2-8(6-9)13(16,17)18/h4-5,7-9,19H,1-3,6H2. The van der Waals surface area contributed by atoms with Gasteiger partial charge in [-0.15, -0.1) is 0 Å². The van der Waals surface area contributed by atoms with Crippen LogP contribution >= 0.6 is 15.9 Å². The van der Waals surface area contributed by atoms with E-state index in [0.717, 1.165) is 0 Å². The lowest BCUT2D eigenvalue weighted by Gasteiger charge is -2.31. The zero-order chi connectivity index (χ0) is 14.0. The highest BCUT2D eigenvalue weighted by Gasteiger charge is 2.42. The summed E-state index contributed by atoms with van der Waals surface area (Å²) in [7, 11) is 0. The summed E-state index contributed by atoms with van der Waals surface area (Å²) in [5.74, 6) is -1.62. The Morgan fingerprint density at radius 2 is 1.95 bits per heavy atom. The molecule has 2 unspecified atom stereocenters. The summed E-state index contributed by atoms with van der Waals surface area (Å²) in [6.45, 7) is 0. The van der Waals surface area contributed by atoms with Gasteiger partial charge in [-0.1, -0.05) is 6.42 Å². The predicted molar refractivity (Wildman–Crippen MR) is 69.5 cm³/mol. The first-order valence-corrected chi connectivity index (χ1v) is 6.94. The topological polar surface area (TPSA) is 12.0 Å². The van der Waals surface area contributed by atoms with Crippen molar-refractivity contribution >= 4 is 21.6 Å². The first-order valence-electron chi connectivity index (χ1n) is 6.14. The van der Waals surface area contributed by atoms with Crippen molar-refractivity contribution in [2.24, 2.45) is 5.92 Å². The Morgan fingerprint density at radius 1 is 1.21 bits per heavy atom. The molecule has 1 fully saturated rings.